The highest BCUT2D eigenvalue weighted by Crippen LogP contribution is 2.25. The molecule has 41 heavy (non-hydrogen) atoms. The van der Waals surface area contributed by atoms with E-state index in [0.717, 1.165) is 20.8 Å². The van der Waals surface area contributed by atoms with Crippen LogP contribution in [-0.2, 0) is 32.8 Å². The second kappa shape index (κ2) is 13.2. The summed E-state index contributed by atoms with van der Waals surface area (Å²) < 4.78 is 57.9. The zero-order chi connectivity index (χ0) is 30.4. The van der Waals surface area contributed by atoms with Gasteiger partial charge >= 0.3 is 10.2 Å². The lowest BCUT2D eigenvalue weighted by molar-refractivity contribution is -0.140. The minimum absolute atomic E-state index is 0.0725. The molecular weight excluding hydrogens is 550 g/mol. The molecule has 0 heterocycles. The summed E-state index contributed by atoms with van der Waals surface area (Å²) in [7, 11) is -1.83. The lowest BCUT2D eigenvalue weighted by atomic mass is 10.0. The van der Waals surface area contributed by atoms with Gasteiger partial charge in [-0.25, -0.2) is 13.1 Å². The molecule has 1 unspecified atom stereocenters. The molecule has 8 nitrogen and oxygen atoms in total. The van der Waals surface area contributed by atoms with Crippen molar-refractivity contribution in [3.05, 3.63) is 102 Å². The monoisotopic (exact) mass is 586 g/mol. The van der Waals surface area contributed by atoms with Crippen molar-refractivity contribution in [2.75, 3.05) is 24.9 Å². The van der Waals surface area contributed by atoms with Crippen LogP contribution in [0.2, 0.25) is 0 Å². The number of nitrogens with one attached hydrogen (secondary N) is 1. The second-order valence-corrected chi connectivity index (χ2v) is 12.9. The van der Waals surface area contributed by atoms with E-state index in [0.29, 0.717) is 4.31 Å². The Kier molecular flexibility index (Phi) is 10.2. The van der Waals surface area contributed by atoms with E-state index in [1.807, 2.05) is 6.07 Å². The van der Waals surface area contributed by atoms with Crippen LogP contribution in [0.4, 0.5) is 14.5 Å². The summed E-state index contributed by atoms with van der Waals surface area (Å²) in [6.45, 7) is 4.21. The van der Waals surface area contributed by atoms with Crippen LogP contribution in [-0.4, -0.2) is 61.7 Å². The van der Waals surface area contributed by atoms with Crippen molar-refractivity contribution in [3.8, 4) is 0 Å². The normalized spacial score (nSPS) is 12.6. The molecule has 0 aromatic heterocycles. The van der Waals surface area contributed by atoms with Crippen LogP contribution in [0.1, 0.15) is 31.9 Å². The number of para-hydroxylation sites is 1. The van der Waals surface area contributed by atoms with Gasteiger partial charge in [0, 0.05) is 38.2 Å². The molecule has 0 spiro atoms. The number of rotatable bonds is 11. The zero-order valence-corrected chi connectivity index (χ0v) is 24.7. The van der Waals surface area contributed by atoms with Crippen LogP contribution < -0.4 is 9.62 Å². The van der Waals surface area contributed by atoms with Crippen molar-refractivity contribution in [2.24, 2.45) is 0 Å². The van der Waals surface area contributed by atoms with Gasteiger partial charge in [0.1, 0.15) is 24.2 Å². The second-order valence-electron chi connectivity index (χ2n) is 10.8. The zero-order valence-electron chi connectivity index (χ0n) is 23.8. The molecule has 3 rings (SSSR count). The largest absolute Gasteiger partial charge is 0.350 e. The van der Waals surface area contributed by atoms with E-state index in [1.54, 1.807) is 51.1 Å². The Morgan fingerprint density at radius 1 is 0.854 bits per heavy atom. The van der Waals surface area contributed by atoms with Crippen LogP contribution in [0.5, 0.6) is 0 Å². The number of anilines is 1. The maximum Gasteiger partial charge on any atom is 0.304 e. The maximum atomic E-state index is 14.9. The van der Waals surface area contributed by atoms with Gasteiger partial charge in [-0.15, -0.1) is 0 Å². The molecule has 3 aromatic rings. The van der Waals surface area contributed by atoms with Crippen molar-refractivity contribution in [1.29, 1.82) is 0 Å². The minimum atomic E-state index is -4.35. The number of halogens is 2. The number of nitrogens with zero attached hydrogens (tertiary/aromatic N) is 3. The number of hydrogen-bond acceptors (Lipinski definition) is 4. The van der Waals surface area contributed by atoms with Crippen molar-refractivity contribution in [1.82, 2.24) is 14.5 Å². The molecule has 2 amide bonds. The Hall–Kier alpha value is -3.83. The molecule has 1 N–H and O–H groups in total. The molecule has 0 radical (unpaired) electrons. The molecule has 0 saturated heterocycles. The predicted octanol–water partition coefficient (Wildman–Crippen LogP) is 4.13. The predicted molar refractivity (Wildman–Crippen MR) is 155 cm³/mol. The Labute approximate surface area is 240 Å². The standard InChI is InChI=1S/C30H36F2N4O4S/c1-30(2,3)33-29(38)27(19-22-13-7-6-8-14-22)35(20-23-15-9-10-16-24(23)31)28(37)21-36(41(39,40)34(4)5)26-18-12-11-17-25(26)32/h6-18,27H,19-21H2,1-5H3,(H,33,38). The summed E-state index contributed by atoms with van der Waals surface area (Å²) in [6, 6.07) is 18.9. The molecule has 0 aliphatic carbocycles. The molecule has 0 aliphatic heterocycles. The van der Waals surface area contributed by atoms with Gasteiger partial charge < -0.3 is 10.2 Å². The van der Waals surface area contributed by atoms with Crippen molar-refractivity contribution < 1.29 is 26.8 Å². The minimum Gasteiger partial charge on any atom is -0.350 e. The van der Waals surface area contributed by atoms with Crippen LogP contribution in [0.3, 0.4) is 0 Å². The first-order valence-corrected chi connectivity index (χ1v) is 14.4. The first kappa shape index (κ1) is 31.7. The molecule has 0 fully saturated rings. The van der Waals surface area contributed by atoms with Gasteiger partial charge in [0.2, 0.25) is 11.8 Å². The Balaban J connectivity index is 2.14. The van der Waals surface area contributed by atoms with Gasteiger partial charge in [-0.3, -0.25) is 9.59 Å². The average molecular weight is 587 g/mol. The van der Waals surface area contributed by atoms with Gasteiger partial charge in [-0.05, 0) is 44.5 Å². The molecule has 0 aliphatic rings. The van der Waals surface area contributed by atoms with Crippen molar-refractivity contribution in [2.45, 2.75) is 45.3 Å². The van der Waals surface area contributed by atoms with Crippen LogP contribution in [0, 0.1) is 11.6 Å². The maximum absolute atomic E-state index is 14.9. The van der Waals surface area contributed by atoms with E-state index in [9.17, 15) is 26.8 Å². The third kappa shape index (κ3) is 8.34. The van der Waals surface area contributed by atoms with Gasteiger partial charge in [0.15, 0.2) is 0 Å². The Morgan fingerprint density at radius 2 is 1.41 bits per heavy atom. The summed E-state index contributed by atoms with van der Waals surface area (Å²) in [5.74, 6) is -2.75. The smallest absolute Gasteiger partial charge is 0.304 e. The number of hydrogen-bond donors (Lipinski definition) is 1. The molecule has 11 heteroatoms. The fourth-order valence-corrected chi connectivity index (χ4v) is 5.24. The first-order valence-electron chi connectivity index (χ1n) is 13.0. The molecule has 1 atom stereocenters. The number of amides is 2. The van der Waals surface area contributed by atoms with E-state index >= 15 is 0 Å². The lowest BCUT2D eigenvalue weighted by Crippen LogP contribution is -2.56. The molecular formula is C30H36F2N4O4S. The van der Waals surface area contributed by atoms with Gasteiger partial charge in [0.05, 0.1) is 5.69 Å². The van der Waals surface area contributed by atoms with E-state index in [1.165, 1.54) is 50.5 Å². The van der Waals surface area contributed by atoms with Crippen molar-refractivity contribution in [3.63, 3.8) is 0 Å². The van der Waals surface area contributed by atoms with E-state index in [2.05, 4.69) is 5.32 Å². The Bertz CT molecular complexity index is 1460. The number of benzene rings is 3. The third-order valence-electron chi connectivity index (χ3n) is 6.21. The Morgan fingerprint density at radius 3 is 1.98 bits per heavy atom. The SMILES string of the molecule is CN(C)S(=O)(=O)N(CC(=O)N(Cc1ccccc1F)C(Cc1ccccc1)C(=O)NC(C)(C)C)c1ccccc1F. The number of carbonyl (C=O) groups excluding carboxylic acids is 2. The summed E-state index contributed by atoms with van der Waals surface area (Å²) in [4.78, 5) is 29.0. The van der Waals surface area contributed by atoms with Crippen LogP contribution in [0.25, 0.3) is 0 Å². The average Bonchev–Trinajstić information content (AvgIpc) is 2.90. The van der Waals surface area contributed by atoms with Gasteiger partial charge in [0.25, 0.3) is 0 Å². The van der Waals surface area contributed by atoms with E-state index < -0.39 is 51.8 Å². The molecule has 0 saturated carbocycles. The molecule has 0 bridgehead atoms. The van der Waals surface area contributed by atoms with E-state index in [-0.39, 0.29) is 24.2 Å². The third-order valence-corrected chi connectivity index (χ3v) is 8.01. The highest BCUT2D eigenvalue weighted by Gasteiger charge is 2.36. The summed E-state index contributed by atoms with van der Waals surface area (Å²) in [5.41, 5.74) is -0.124. The highest BCUT2D eigenvalue weighted by atomic mass is 32.2. The van der Waals surface area contributed by atoms with Crippen LogP contribution in [0.15, 0.2) is 78.9 Å². The fraction of sp³-hybridized carbons (Fsp3) is 0.333. The lowest BCUT2D eigenvalue weighted by Gasteiger charge is -2.35. The first-order chi connectivity index (χ1) is 19.2. The van der Waals surface area contributed by atoms with Crippen LogP contribution >= 0.6 is 0 Å². The fourth-order valence-electron chi connectivity index (χ4n) is 4.17. The number of carbonyl (C=O) groups is 2. The summed E-state index contributed by atoms with van der Waals surface area (Å²) >= 11 is 0. The molecule has 3 aromatic carbocycles. The molecule has 220 valence electrons. The van der Waals surface area contributed by atoms with Crippen molar-refractivity contribution >= 4 is 27.7 Å². The quantitative estimate of drug-likeness (QED) is 0.366. The topological polar surface area (TPSA) is 90.0 Å². The van der Waals surface area contributed by atoms with Gasteiger partial charge in [-0.2, -0.15) is 12.7 Å². The summed E-state index contributed by atoms with van der Waals surface area (Å²) in [5, 5.41) is 2.89. The summed E-state index contributed by atoms with van der Waals surface area (Å²) in [6.07, 6.45) is 0.0725. The van der Waals surface area contributed by atoms with E-state index in [4.69, 9.17) is 0 Å². The highest BCUT2D eigenvalue weighted by molar-refractivity contribution is 7.90. The van der Waals surface area contributed by atoms with Gasteiger partial charge in [-0.1, -0.05) is 60.7 Å².